The number of hydrogen-bond acceptors (Lipinski definition) is 4. The first-order valence-electron chi connectivity index (χ1n) is 27.4. The number of rotatable bonds is 22. The van der Waals surface area contributed by atoms with Gasteiger partial charge >= 0.3 is 0 Å². The van der Waals surface area contributed by atoms with Gasteiger partial charge in [-0.15, -0.1) is 0 Å². The van der Waals surface area contributed by atoms with Crippen LogP contribution in [0.2, 0.25) is 0 Å². The Labute approximate surface area is 439 Å². The SMILES string of the molecule is CCCCCCOc1ccc(/C=C/c2ccc3ccc4ccc5c(OCCC)c(OCCC)cc(ccc6ccc(/C=C/c7ccc(OCCCCCC)cc7)c7ccc(ccc8ccc2c3c8)cc67)c5c4)cc1. The molecule has 9 rings (SSSR count). The number of benzene rings is 8. The molecular formula is C70H72O4. The first-order chi connectivity index (χ1) is 36.5. The second-order valence-electron chi connectivity index (χ2n) is 19.5. The van der Waals surface area contributed by atoms with Crippen molar-refractivity contribution in [3.8, 4) is 23.0 Å². The summed E-state index contributed by atoms with van der Waals surface area (Å²) in [5, 5.41) is 13.6. The minimum atomic E-state index is 0.608. The molecule has 0 radical (unpaired) electrons. The summed E-state index contributed by atoms with van der Waals surface area (Å²) in [6, 6.07) is 61.9. The molecule has 9 aromatic rings. The Hall–Kier alpha value is -7.56. The van der Waals surface area contributed by atoms with Gasteiger partial charge in [-0.25, -0.2) is 0 Å². The maximum Gasteiger partial charge on any atom is 0.169 e. The van der Waals surface area contributed by atoms with Gasteiger partial charge in [0.05, 0.1) is 26.4 Å². The molecule has 0 unspecified atom stereocenters. The van der Waals surface area contributed by atoms with Crippen LogP contribution >= 0.6 is 0 Å². The second-order valence-corrected chi connectivity index (χ2v) is 19.5. The van der Waals surface area contributed by atoms with E-state index in [0.717, 1.165) is 122 Å². The maximum atomic E-state index is 6.51. The standard InChI is InChI=1S/C70H72O4/c1-5-9-11-13-45-71-61-36-20-51(21-37-61)17-27-56-30-32-58-29-19-55-26-42-65-68(49-55)60(50-69(73-43-7-3)70(65)74-44-8-4)35-34-59-33-31-57(28-18-52-22-38-62(39-23-52)72-46-14-12-10-6-2)64-41-25-54(48-67(59)64)16-15-53-24-40-63(56)66(58)47-53/h15-42,47-50H,5-14,43-46H2,1-4H3/b16-15?,27-17+,28-18+,29-19?,35-34?,53-15?,54-16?,55-19?,58-29?,59-34?,60-35?. The largest absolute Gasteiger partial charge is 0.494 e. The summed E-state index contributed by atoms with van der Waals surface area (Å²) in [6.07, 6.45) is 20.2. The van der Waals surface area contributed by atoms with Gasteiger partial charge in [0.1, 0.15) is 11.5 Å². The van der Waals surface area contributed by atoms with E-state index in [2.05, 4.69) is 222 Å². The number of unbranched alkanes of at least 4 members (excludes halogenated alkanes) is 6. The van der Waals surface area contributed by atoms with Gasteiger partial charge < -0.3 is 18.9 Å². The first-order valence-corrected chi connectivity index (χ1v) is 27.4. The molecule has 0 aliphatic carbocycles. The van der Waals surface area contributed by atoms with E-state index >= 15 is 0 Å². The molecule has 0 aliphatic rings. The average Bonchev–Trinajstić information content (AvgIpc) is 3.43. The van der Waals surface area contributed by atoms with Crippen molar-refractivity contribution in [2.24, 2.45) is 0 Å². The Kier molecular flexibility index (Phi) is 18.0. The van der Waals surface area contributed by atoms with Crippen molar-refractivity contribution in [2.75, 3.05) is 26.4 Å². The van der Waals surface area contributed by atoms with E-state index in [1.54, 1.807) is 0 Å². The van der Waals surface area contributed by atoms with Gasteiger partial charge in [-0.1, -0.05) is 206 Å². The predicted molar refractivity (Wildman–Crippen MR) is 320 cm³/mol. The molecular weight excluding hydrogens is 905 g/mol. The van der Waals surface area contributed by atoms with Gasteiger partial charge in [-0.3, -0.25) is 0 Å². The Morgan fingerprint density at radius 2 is 0.716 bits per heavy atom. The smallest absolute Gasteiger partial charge is 0.169 e. The van der Waals surface area contributed by atoms with Crippen molar-refractivity contribution in [2.45, 2.75) is 91.9 Å². The van der Waals surface area contributed by atoms with E-state index in [1.807, 2.05) is 0 Å². The molecule has 0 N–H and O–H groups in total. The number of fused-ring (bicyclic) bond motifs is 3. The van der Waals surface area contributed by atoms with E-state index in [4.69, 9.17) is 18.9 Å². The van der Waals surface area contributed by atoms with Crippen LogP contribution in [0.5, 0.6) is 23.0 Å². The zero-order chi connectivity index (χ0) is 50.9. The lowest BCUT2D eigenvalue weighted by Gasteiger charge is -2.16. The molecule has 0 fully saturated rings. The van der Waals surface area contributed by atoms with Crippen molar-refractivity contribution in [3.05, 3.63) is 192 Å². The average molecular weight is 977 g/mol. The Morgan fingerprint density at radius 3 is 1.22 bits per heavy atom. The van der Waals surface area contributed by atoms with Crippen LogP contribution in [0.4, 0.5) is 0 Å². The molecule has 0 amide bonds. The zero-order valence-corrected chi connectivity index (χ0v) is 44.0. The second kappa shape index (κ2) is 25.9. The lowest BCUT2D eigenvalue weighted by molar-refractivity contribution is 0.271. The molecule has 0 saturated heterocycles. The van der Waals surface area contributed by atoms with E-state index in [0.29, 0.717) is 13.2 Å². The molecule has 0 aliphatic heterocycles. The molecule has 74 heavy (non-hydrogen) atoms. The number of hydrogen-bond donors (Lipinski definition) is 0. The molecule has 0 spiro atoms. The van der Waals surface area contributed by atoms with E-state index in [1.165, 1.54) is 65.6 Å². The molecule has 0 atom stereocenters. The summed E-state index contributed by atoms with van der Waals surface area (Å²) in [4.78, 5) is 0. The van der Waals surface area contributed by atoms with Crippen LogP contribution in [0, 0.1) is 0 Å². The van der Waals surface area contributed by atoms with Gasteiger partial charge in [-0.2, -0.15) is 0 Å². The fourth-order valence-electron chi connectivity index (χ4n) is 9.66. The molecule has 4 heteroatoms. The van der Waals surface area contributed by atoms with Crippen LogP contribution in [-0.4, -0.2) is 26.4 Å². The highest BCUT2D eigenvalue weighted by molar-refractivity contribution is 6.09. The minimum Gasteiger partial charge on any atom is -0.494 e. The van der Waals surface area contributed by atoms with E-state index in [-0.39, 0.29) is 0 Å². The van der Waals surface area contributed by atoms with Crippen molar-refractivity contribution >= 4 is 88.9 Å². The monoisotopic (exact) mass is 977 g/mol. The fraction of sp³-hybridized carbons (Fsp3) is 0.257. The van der Waals surface area contributed by atoms with Crippen LogP contribution in [-0.2, 0) is 0 Å². The van der Waals surface area contributed by atoms with Gasteiger partial charge in [0.15, 0.2) is 11.5 Å². The third-order valence-corrected chi connectivity index (χ3v) is 13.8. The van der Waals surface area contributed by atoms with Crippen molar-refractivity contribution in [1.29, 1.82) is 0 Å². The maximum absolute atomic E-state index is 6.51. The number of ether oxygens (including phenoxy) is 4. The lowest BCUT2D eigenvalue weighted by atomic mass is 9.98. The molecule has 4 nitrogen and oxygen atoms in total. The Morgan fingerprint density at radius 1 is 0.297 bits per heavy atom. The lowest BCUT2D eigenvalue weighted by Crippen LogP contribution is -2.02. The molecule has 0 aromatic heterocycles. The van der Waals surface area contributed by atoms with Gasteiger partial charge in [0.2, 0.25) is 0 Å². The van der Waals surface area contributed by atoms with Crippen molar-refractivity contribution < 1.29 is 18.9 Å². The van der Waals surface area contributed by atoms with Gasteiger partial charge in [0, 0.05) is 5.39 Å². The zero-order valence-electron chi connectivity index (χ0n) is 44.0. The van der Waals surface area contributed by atoms with Crippen molar-refractivity contribution in [3.63, 3.8) is 0 Å². The Balaban J connectivity index is 1.16. The summed E-state index contributed by atoms with van der Waals surface area (Å²) in [7, 11) is 0. The van der Waals surface area contributed by atoms with Gasteiger partial charge in [0.25, 0.3) is 0 Å². The highest BCUT2D eigenvalue weighted by atomic mass is 16.5. The van der Waals surface area contributed by atoms with Crippen LogP contribution in [0.3, 0.4) is 0 Å². The highest BCUT2D eigenvalue weighted by Crippen LogP contribution is 2.40. The van der Waals surface area contributed by atoms with Crippen LogP contribution < -0.4 is 18.9 Å². The topological polar surface area (TPSA) is 36.9 Å². The third-order valence-electron chi connectivity index (χ3n) is 13.8. The molecule has 9 aromatic carbocycles. The van der Waals surface area contributed by atoms with E-state index in [9.17, 15) is 0 Å². The molecule has 6 bridgehead atoms. The predicted octanol–water partition coefficient (Wildman–Crippen LogP) is 20.1. The molecule has 0 heterocycles. The summed E-state index contributed by atoms with van der Waals surface area (Å²) >= 11 is 0. The van der Waals surface area contributed by atoms with Crippen molar-refractivity contribution in [1.82, 2.24) is 0 Å². The third kappa shape index (κ3) is 13.1. The van der Waals surface area contributed by atoms with Crippen LogP contribution in [0.15, 0.2) is 170 Å². The quantitative estimate of drug-likeness (QED) is 0.0501. The molecule has 376 valence electrons. The fourth-order valence-corrected chi connectivity index (χ4v) is 9.66. The summed E-state index contributed by atoms with van der Waals surface area (Å²) in [6.45, 7) is 11.5. The van der Waals surface area contributed by atoms with E-state index < -0.39 is 0 Å². The summed E-state index contributed by atoms with van der Waals surface area (Å²) < 4.78 is 25.0. The summed E-state index contributed by atoms with van der Waals surface area (Å²) in [5.41, 5.74) is 4.59. The van der Waals surface area contributed by atoms with Gasteiger partial charge in [-0.05, 0) is 162 Å². The van der Waals surface area contributed by atoms with Crippen LogP contribution in [0.1, 0.15) is 114 Å². The Bertz CT molecular complexity index is 3490. The minimum absolute atomic E-state index is 0.608. The van der Waals surface area contributed by atoms with Crippen LogP contribution in [0.25, 0.3) is 88.9 Å². The normalized spacial score (nSPS) is 11.6. The first kappa shape index (κ1) is 51.3. The highest BCUT2D eigenvalue weighted by Gasteiger charge is 2.14. The summed E-state index contributed by atoms with van der Waals surface area (Å²) in [5.74, 6) is 3.42. The molecule has 0 saturated carbocycles.